The molecule has 4 heteroatoms. The Balaban J connectivity index is 2.71. The number of Topliss-reactive ketones (excluding diaryl/α,β-unsaturated/α-hetero) is 1. The predicted molar refractivity (Wildman–Crippen MR) is 46.9 cm³/mol. The SMILES string of the molecule is CCc1nc(=O)[nH]c2c1C(=O)CC2. The van der Waals surface area contributed by atoms with Gasteiger partial charge in [0.1, 0.15) is 0 Å². The Morgan fingerprint density at radius 1 is 1.38 bits per heavy atom. The molecule has 1 aromatic rings. The summed E-state index contributed by atoms with van der Waals surface area (Å²) in [5.74, 6) is 0.107. The van der Waals surface area contributed by atoms with Gasteiger partial charge in [0.25, 0.3) is 0 Å². The third-order valence-electron chi connectivity index (χ3n) is 2.30. The van der Waals surface area contributed by atoms with Crippen molar-refractivity contribution in [2.24, 2.45) is 0 Å². The molecule has 13 heavy (non-hydrogen) atoms. The number of nitrogens with zero attached hydrogens (tertiary/aromatic N) is 1. The zero-order chi connectivity index (χ0) is 9.42. The van der Waals surface area contributed by atoms with E-state index in [9.17, 15) is 9.59 Å². The van der Waals surface area contributed by atoms with Crippen LogP contribution in [-0.2, 0) is 12.8 Å². The summed E-state index contributed by atoms with van der Waals surface area (Å²) in [5.41, 5.74) is 1.72. The number of hydrogen-bond acceptors (Lipinski definition) is 3. The molecule has 0 amide bonds. The zero-order valence-electron chi connectivity index (χ0n) is 7.39. The molecule has 0 saturated heterocycles. The quantitative estimate of drug-likeness (QED) is 0.679. The Morgan fingerprint density at radius 3 is 2.85 bits per heavy atom. The average molecular weight is 178 g/mol. The van der Waals surface area contributed by atoms with Gasteiger partial charge >= 0.3 is 5.69 Å². The molecule has 0 fully saturated rings. The molecule has 0 bridgehead atoms. The molecule has 0 aliphatic heterocycles. The second-order valence-corrected chi connectivity index (χ2v) is 3.12. The number of rotatable bonds is 1. The van der Waals surface area contributed by atoms with Gasteiger partial charge in [0.2, 0.25) is 0 Å². The summed E-state index contributed by atoms with van der Waals surface area (Å²) >= 11 is 0. The van der Waals surface area contributed by atoms with Crippen LogP contribution >= 0.6 is 0 Å². The van der Waals surface area contributed by atoms with E-state index in [0.717, 1.165) is 5.69 Å². The van der Waals surface area contributed by atoms with E-state index in [-0.39, 0.29) is 11.5 Å². The number of nitrogens with one attached hydrogen (secondary N) is 1. The molecule has 0 atom stereocenters. The van der Waals surface area contributed by atoms with Crippen molar-refractivity contribution in [1.82, 2.24) is 9.97 Å². The van der Waals surface area contributed by atoms with Crippen LogP contribution in [0.4, 0.5) is 0 Å². The van der Waals surface area contributed by atoms with Gasteiger partial charge < -0.3 is 4.98 Å². The van der Waals surface area contributed by atoms with Gasteiger partial charge in [0, 0.05) is 12.1 Å². The predicted octanol–water partition coefficient (Wildman–Crippen LogP) is 0.461. The molecule has 1 aromatic heterocycles. The highest BCUT2D eigenvalue weighted by molar-refractivity contribution is 6.00. The number of H-pyrrole nitrogens is 1. The number of aryl methyl sites for hydroxylation is 2. The van der Waals surface area contributed by atoms with Crippen LogP contribution in [0.2, 0.25) is 0 Å². The number of hydrogen-bond donors (Lipinski definition) is 1. The summed E-state index contributed by atoms with van der Waals surface area (Å²) in [6.07, 6.45) is 1.79. The Hall–Kier alpha value is -1.45. The van der Waals surface area contributed by atoms with Crippen LogP contribution in [0.3, 0.4) is 0 Å². The molecule has 0 spiro atoms. The van der Waals surface area contributed by atoms with Crippen molar-refractivity contribution in [2.45, 2.75) is 26.2 Å². The lowest BCUT2D eigenvalue weighted by molar-refractivity contribution is 0.0993. The third kappa shape index (κ3) is 1.18. The lowest BCUT2D eigenvalue weighted by Gasteiger charge is -2.01. The van der Waals surface area contributed by atoms with E-state index >= 15 is 0 Å². The Bertz CT molecular complexity index is 420. The lowest BCUT2D eigenvalue weighted by Crippen LogP contribution is -2.17. The first-order valence-electron chi connectivity index (χ1n) is 4.37. The topological polar surface area (TPSA) is 62.8 Å². The highest BCUT2D eigenvalue weighted by atomic mass is 16.1. The summed E-state index contributed by atoms with van der Waals surface area (Å²) in [7, 11) is 0. The second-order valence-electron chi connectivity index (χ2n) is 3.12. The maximum atomic E-state index is 11.4. The molecule has 0 unspecified atom stereocenters. The lowest BCUT2D eigenvalue weighted by atomic mass is 10.1. The largest absolute Gasteiger partial charge is 0.345 e. The first kappa shape index (κ1) is 8.16. The van der Waals surface area contributed by atoms with Gasteiger partial charge in [0.15, 0.2) is 5.78 Å². The van der Waals surface area contributed by atoms with E-state index in [1.165, 1.54) is 0 Å². The molecule has 1 heterocycles. The van der Waals surface area contributed by atoms with Crippen LogP contribution < -0.4 is 5.69 Å². The Kier molecular flexibility index (Phi) is 1.76. The van der Waals surface area contributed by atoms with Crippen LogP contribution in [0.15, 0.2) is 4.79 Å². The van der Waals surface area contributed by atoms with Gasteiger partial charge in [-0.2, -0.15) is 4.98 Å². The number of ketones is 1. The summed E-state index contributed by atoms with van der Waals surface area (Å²) in [6.45, 7) is 1.90. The molecule has 1 aliphatic carbocycles. The first-order chi connectivity index (χ1) is 6.22. The molecular formula is C9H10N2O2. The normalized spacial score (nSPS) is 14.7. The maximum Gasteiger partial charge on any atom is 0.345 e. The Morgan fingerprint density at radius 2 is 2.15 bits per heavy atom. The van der Waals surface area contributed by atoms with Gasteiger partial charge in [-0.1, -0.05) is 6.92 Å². The van der Waals surface area contributed by atoms with E-state index in [0.29, 0.717) is 30.5 Å². The minimum Gasteiger partial charge on any atom is -0.309 e. The molecule has 0 saturated carbocycles. The van der Waals surface area contributed by atoms with Gasteiger partial charge in [-0.15, -0.1) is 0 Å². The standard InChI is InChI=1S/C9H10N2O2/c1-2-5-8-6(3-4-7(8)12)11-9(13)10-5/h2-4H2,1H3,(H,10,11,13). The van der Waals surface area contributed by atoms with Crippen molar-refractivity contribution in [3.05, 3.63) is 27.4 Å². The van der Waals surface area contributed by atoms with Crippen molar-refractivity contribution in [3.8, 4) is 0 Å². The van der Waals surface area contributed by atoms with Crippen LogP contribution in [0.1, 0.15) is 35.1 Å². The minimum atomic E-state index is -0.342. The molecule has 68 valence electrons. The molecule has 2 rings (SSSR count). The molecule has 0 aromatic carbocycles. The highest BCUT2D eigenvalue weighted by Crippen LogP contribution is 2.20. The van der Waals surface area contributed by atoms with Crippen molar-refractivity contribution in [2.75, 3.05) is 0 Å². The summed E-state index contributed by atoms with van der Waals surface area (Å²) in [6, 6.07) is 0. The van der Waals surface area contributed by atoms with E-state index in [4.69, 9.17) is 0 Å². The number of fused-ring (bicyclic) bond motifs is 1. The molecule has 1 aliphatic rings. The summed E-state index contributed by atoms with van der Waals surface area (Å²) < 4.78 is 0. The number of aromatic amines is 1. The van der Waals surface area contributed by atoms with E-state index < -0.39 is 0 Å². The van der Waals surface area contributed by atoms with Crippen LogP contribution in [-0.4, -0.2) is 15.8 Å². The van der Waals surface area contributed by atoms with E-state index in [1.54, 1.807) is 0 Å². The Labute approximate surface area is 75.0 Å². The monoisotopic (exact) mass is 178 g/mol. The minimum absolute atomic E-state index is 0.107. The molecular weight excluding hydrogens is 168 g/mol. The van der Waals surface area contributed by atoms with Gasteiger partial charge in [-0.05, 0) is 12.8 Å². The van der Waals surface area contributed by atoms with Crippen LogP contribution in [0.5, 0.6) is 0 Å². The van der Waals surface area contributed by atoms with E-state index in [1.807, 2.05) is 6.92 Å². The van der Waals surface area contributed by atoms with Crippen LogP contribution in [0, 0.1) is 0 Å². The van der Waals surface area contributed by atoms with Crippen LogP contribution in [0.25, 0.3) is 0 Å². The molecule has 4 nitrogen and oxygen atoms in total. The first-order valence-corrected chi connectivity index (χ1v) is 4.37. The summed E-state index contributed by atoms with van der Waals surface area (Å²) in [5, 5.41) is 0. The van der Waals surface area contributed by atoms with Crippen molar-refractivity contribution < 1.29 is 4.79 Å². The van der Waals surface area contributed by atoms with Gasteiger partial charge in [0.05, 0.1) is 11.3 Å². The molecule has 0 radical (unpaired) electrons. The fraction of sp³-hybridized carbons (Fsp3) is 0.444. The fourth-order valence-corrected chi connectivity index (χ4v) is 1.71. The van der Waals surface area contributed by atoms with E-state index in [2.05, 4.69) is 9.97 Å². The number of carbonyl (C=O) groups excluding carboxylic acids is 1. The number of aromatic nitrogens is 2. The number of carbonyl (C=O) groups is 1. The zero-order valence-corrected chi connectivity index (χ0v) is 7.39. The van der Waals surface area contributed by atoms with Crippen molar-refractivity contribution >= 4 is 5.78 Å². The van der Waals surface area contributed by atoms with Crippen molar-refractivity contribution in [1.29, 1.82) is 0 Å². The maximum absolute atomic E-state index is 11.4. The fourth-order valence-electron chi connectivity index (χ4n) is 1.71. The average Bonchev–Trinajstić information content (AvgIpc) is 2.46. The van der Waals surface area contributed by atoms with Crippen molar-refractivity contribution in [3.63, 3.8) is 0 Å². The molecule has 1 N–H and O–H groups in total. The van der Waals surface area contributed by atoms with Gasteiger partial charge in [-0.3, -0.25) is 4.79 Å². The second kappa shape index (κ2) is 2.80. The summed E-state index contributed by atoms with van der Waals surface area (Å²) in [4.78, 5) is 28.8. The smallest absolute Gasteiger partial charge is 0.309 e. The highest BCUT2D eigenvalue weighted by Gasteiger charge is 2.24. The third-order valence-corrected chi connectivity index (χ3v) is 2.30. The van der Waals surface area contributed by atoms with Gasteiger partial charge in [-0.25, -0.2) is 4.79 Å².